The summed E-state index contributed by atoms with van der Waals surface area (Å²) in [5.41, 5.74) is 9.44. The van der Waals surface area contributed by atoms with Gasteiger partial charge in [0.1, 0.15) is 0 Å². The van der Waals surface area contributed by atoms with Crippen molar-refractivity contribution in [3.63, 3.8) is 0 Å². The molecule has 2 aromatic rings. The Labute approximate surface area is 201 Å². The second-order valence-electron chi connectivity index (χ2n) is 7.57. The van der Waals surface area contributed by atoms with E-state index >= 15 is 0 Å². The Hall–Kier alpha value is -2.04. The average molecular weight is 540 g/mol. The molecule has 0 saturated carbocycles. The zero-order chi connectivity index (χ0) is 21.3. The molecule has 3 rings (SSSR count). The molecule has 0 aliphatic carbocycles. The van der Waals surface area contributed by atoms with Crippen LogP contribution in [0.3, 0.4) is 0 Å². The molecule has 0 amide bonds. The normalized spacial score (nSPS) is 15.3. The molecule has 1 fully saturated rings. The van der Waals surface area contributed by atoms with Gasteiger partial charge in [-0.3, -0.25) is 4.90 Å². The predicted molar refractivity (Wildman–Crippen MR) is 134 cm³/mol. The largest absolute Gasteiger partial charge is 0.493 e. The highest BCUT2D eigenvalue weighted by molar-refractivity contribution is 14.0. The van der Waals surface area contributed by atoms with E-state index in [1.54, 1.807) is 14.2 Å². The number of hydrogen-bond acceptors (Lipinski definition) is 5. The summed E-state index contributed by atoms with van der Waals surface area (Å²) in [5.74, 6) is 1.77. The van der Waals surface area contributed by atoms with Gasteiger partial charge in [-0.1, -0.05) is 30.3 Å². The summed E-state index contributed by atoms with van der Waals surface area (Å²) in [6.45, 7) is 3.92. The third kappa shape index (κ3) is 7.86. The molecule has 2 aromatic carbocycles. The lowest BCUT2D eigenvalue weighted by Crippen LogP contribution is -2.35. The van der Waals surface area contributed by atoms with Gasteiger partial charge in [0, 0.05) is 26.2 Å². The Morgan fingerprint density at radius 3 is 2.29 bits per heavy atom. The number of aliphatic imine (C=N–C) groups is 1. The molecule has 8 heteroatoms. The van der Waals surface area contributed by atoms with Crippen LogP contribution in [0.1, 0.15) is 29.5 Å². The van der Waals surface area contributed by atoms with E-state index in [2.05, 4.69) is 39.5 Å². The molecule has 0 radical (unpaired) electrons. The number of rotatable bonds is 8. The van der Waals surface area contributed by atoms with Crippen LogP contribution in [0.4, 0.5) is 0 Å². The lowest BCUT2D eigenvalue weighted by Gasteiger charge is -2.29. The monoisotopic (exact) mass is 540 g/mol. The quantitative estimate of drug-likeness (QED) is 0.271. The van der Waals surface area contributed by atoms with E-state index in [0.29, 0.717) is 30.5 Å². The zero-order valence-corrected chi connectivity index (χ0v) is 20.5. The Balaban J connectivity index is 0.00000341. The first-order chi connectivity index (χ1) is 14.6. The molecular weight excluding hydrogens is 507 g/mol. The summed E-state index contributed by atoms with van der Waals surface area (Å²) in [5, 5.41) is 12.8. The molecule has 0 spiro atoms. The molecule has 170 valence electrons. The summed E-state index contributed by atoms with van der Waals surface area (Å²) in [6.07, 6.45) is 1.60. The van der Waals surface area contributed by atoms with E-state index in [1.165, 1.54) is 5.56 Å². The van der Waals surface area contributed by atoms with Crippen molar-refractivity contribution in [3.05, 3.63) is 59.2 Å². The van der Waals surface area contributed by atoms with Crippen LogP contribution in [0.5, 0.6) is 11.5 Å². The first-order valence-electron chi connectivity index (χ1n) is 10.3. The van der Waals surface area contributed by atoms with E-state index in [9.17, 15) is 5.11 Å². The fourth-order valence-electron chi connectivity index (χ4n) is 3.50. The third-order valence-corrected chi connectivity index (χ3v) is 5.34. The van der Waals surface area contributed by atoms with Gasteiger partial charge < -0.3 is 25.6 Å². The first-order valence-corrected chi connectivity index (χ1v) is 10.3. The number of aliphatic hydroxyl groups excluding tert-OH is 1. The lowest BCUT2D eigenvalue weighted by molar-refractivity contribution is 0.0792. The van der Waals surface area contributed by atoms with E-state index in [0.717, 1.165) is 43.6 Å². The van der Waals surface area contributed by atoms with Crippen LogP contribution in [0.25, 0.3) is 0 Å². The molecule has 0 bridgehead atoms. The van der Waals surface area contributed by atoms with Crippen molar-refractivity contribution in [3.8, 4) is 11.5 Å². The summed E-state index contributed by atoms with van der Waals surface area (Å²) in [6, 6.07) is 14.2. The SMILES string of the molecule is COc1ccc(CN=C(N)NCc2ccc(CN3CCC(O)CC3)cc2)cc1OC.I. The van der Waals surface area contributed by atoms with Gasteiger partial charge >= 0.3 is 0 Å². The van der Waals surface area contributed by atoms with Gasteiger partial charge in [-0.15, -0.1) is 24.0 Å². The van der Waals surface area contributed by atoms with Gasteiger partial charge in [0.15, 0.2) is 17.5 Å². The van der Waals surface area contributed by atoms with E-state index in [4.69, 9.17) is 15.2 Å². The Morgan fingerprint density at radius 1 is 1.03 bits per heavy atom. The maximum absolute atomic E-state index is 9.62. The highest BCUT2D eigenvalue weighted by Gasteiger charge is 2.16. The topological polar surface area (TPSA) is 92.3 Å². The van der Waals surface area contributed by atoms with E-state index in [-0.39, 0.29) is 30.1 Å². The molecule has 4 N–H and O–H groups in total. The van der Waals surface area contributed by atoms with Gasteiger partial charge in [-0.2, -0.15) is 0 Å². The van der Waals surface area contributed by atoms with E-state index in [1.807, 2.05) is 18.2 Å². The first kappa shape index (κ1) is 25.2. The summed E-state index contributed by atoms with van der Waals surface area (Å²) >= 11 is 0. The van der Waals surface area contributed by atoms with Crippen LogP contribution in [0.2, 0.25) is 0 Å². The number of ether oxygens (including phenoxy) is 2. The Kier molecular flexibility index (Phi) is 10.4. The van der Waals surface area contributed by atoms with Crippen molar-refractivity contribution in [2.24, 2.45) is 10.7 Å². The van der Waals surface area contributed by atoms with Crippen molar-refractivity contribution in [2.75, 3.05) is 27.3 Å². The Morgan fingerprint density at radius 2 is 1.65 bits per heavy atom. The van der Waals surface area contributed by atoms with Crippen molar-refractivity contribution in [1.29, 1.82) is 0 Å². The number of piperidine rings is 1. The van der Waals surface area contributed by atoms with Crippen LogP contribution >= 0.6 is 24.0 Å². The maximum atomic E-state index is 9.62. The highest BCUT2D eigenvalue weighted by atomic mass is 127. The summed E-state index contributed by atoms with van der Waals surface area (Å²) < 4.78 is 10.6. The molecule has 0 aromatic heterocycles. The summed E-state index contributed by atoms with van der Waals surface area (Å²) in [7, 11) is 3.23. The number of aliphatic hydroxyl groups is 1. The van der Waals surface area contributed by atoms with Crippen LogP contribution in [0, 0.1) is 0 Å². The third-order valence-electron chi connectivity index (χ3n) is 5.34. The molecule has 7 nitrogen and oxygen atoms in total. The van der Waals surface area contributed by atoms with Crippen LogP contribution < -0.4 is 20.5 Å². The van der Waals surface area contributed by atoms with Crippen molar-refractivity contribution in [2.45, 2.75) is 38.6 Å². The maximum Gasteiger partial charge on any atom is 0.189 e. The lowest BCUT2D eigenvalue weighted by atomic mass is 10.1. The number of nitrogens with zero attached hydrogens (tertiary/aromatic N) is 2. The van der Waals surface area contributed by atoms with Crippen molar-refractivity contribution in [1.82, 2.24) is 10.2 Å². The Bertz CT molecular complexity index is 837. The minimum atomic E-state index is -0.131. The number of nitrogens with two attached hydrogens (primary N) is 1. The van der Waals surface area contributed by atoms with Crippen LogP contribution in [-0.2, 0) is 19.6 Å². The number of benzene rings is 2. The number of hydrogen-bond donors (Lipinski definition) is 3. The minimum Gasteiger partial charge on any atom is -0.493 e. The number of nitrogens with one attached hydrogen (secondary N) is 1. The molecule has 1 aliphatic heterocycles. The second-order valence-corrected chi connectivity index (χ2v) is 7.57. The van der Waals surface area contributed by atoms with Crippen molar-refractivity contribution < 1.29 is 14.6 Å². The minimum absolute atomic E-state index is 0. The molecule has 1 saturated heterocycles. The van der Waals surface area contributed by atoms with Gasteiger partial charge in [-0.05, 0) is 41.7 Å². The molecule has 1 aliphatic rings. The average Bonchev–Trinajstić information content (AvgIpc) is 2.78. The second kappa shape index (κ2) is 12.7. The van der Waals surface area contributed by atoms with Crippen molar-refractivity contribution >= 4 is 29.9 Å². The smallest absolute Gasteiger partial charge is 0.189 e. The number of guanidine groups is 1. The fourth-order valence-corrected chi connectivity index (χ4v) is 3.50. The molecule has 0 atom stereocenters. The highest BCUT2D eigenvalue weighted by Crippen LogP contribution is 2.27. The predicted octanol–water partition coefficient (Wildman–Crippen LogP) is 2.88. The van der Waals surface area contributed by atoms with Crippen LogP contribution in [-0.4, -0.2) is 49.4 Å². The summed E-state index contributed by atoms with van der Waals surface area (Å²) in [4.78, 5) is 6.79. The van der Waals surface area contributed by atoms with E-state index < -0.39 is 0 Å². The number of likely N-dealkylation sites (tertiary alicyclic amines) is 1. The number of halogens is 1. The fraction of sp³-hybridized carbons (Fsp3) is 0.435. The molecular formula is C23H33IN4O3. The number of methoxy groups -OCH3 is 2. The van der Waals surface area contributed by atoms with Gasteiger partial charge in [0.05, 0.1) is 26.9 Å². The molecule has 1 heterocycles. The standard InChI is InChI=1S/C23H32N4O3.HI/c1-29-21-8-7-19(13-22(21)30-2)15-26-23(24)25-14-17-3-5-18(6-4-17)16-27-11-9-20(28)10-12-27;/h3-8,13,20,28H,9-12,14-16H2,1-2H3,(H3,24,25,26);1H. The van der Waals surface area contributed by atoms with Gasteiger partial charge in [0.25, 0.3) is 0 Å². The van der Waals surface area contributed by atoms with Crippen LogP contribution in [0.15, 0.2) is 47.5 Å². The molecule has 0 unspecified atom stereocenters. The molecule has 31 heavy (non-hydrogen) atoms. The zero-order valence-electron chi connectivity index (χ0n) is 18.2. The van der Waals surface area contributed by atoms with Gasteiger partial charge in [0.2, 0.25) is 0 Å². The van der Waals surface area contributed by atoms with Gasteiger partial charge in [-0.25, -0.2) is 4.99 Å².